The van der Waals surface area contributed by atoms with Crippen molar-refractivity contribution in [1.82, 2.24) is 4.98 Å². The summed E-state index contributed by atoms with van der Waals surface area (Å²) in [5, 5.41) is 9.66. The van der Waals surface area contributed by atoms with Gasteiger partial charge < -0.3 is 14.7 Å². The number of aliphatic hydroxyl groups is 1. The molecule has 0 aromatic carbocycles. The van der Waals surface area contributed by atoms with E-state index in [1.807, 2.05) is 25.3 Å². The molecule has 17 heavy (non-hydrogen) atoms. The van der Waals surface area contributed by atoms with Crippen LogP contribution in [0.15, 0.2) is 18.3 Å². The molecular formula is C13H22N2O2. The first-order chi connectivity index (χ1) is 8.22. The molecule has 96 valence electrons. The molecule has 0 aliphatic heterocycles. The fourth-order valence-corrected chi connectivity index (χ4v) is 1.66. The first-order valence-corrected chi connectivity index (χ1v) is 6.10. The Labute approximate surface area is 103 Å². The maximum absolute atomic E-state index is 9.66. The smallest absolute Gasteiger partial charge is 0.0957 e. The highest BCUT2D eigenvalue weighted by Crippen LogP contribution is 2.18. The van der Waals surface area contributed by atoms with Crippen LogP contribution in [0.4, 0.5) is 5.69 Å². The highest BCUT2D eigenvalue weighted by atomic mass is 16.5. The maximum atomic E-state index is 9.66. The van der Waals surface area contributed by atoms with Gasteiger partial charge >= 0.3 is 0 Å². The number of ether oxygens (including phenoxy) is 1. The molecule has 0 spiro atoms. The minimum absolute atomic E-state index is 0.460. The molecule has 0 aliphatic rings. The number of methoxy groups -OCH3 is 1. The third-order valence-electron chi connectivity index (χ3n) is 2.81. The van der Waals surface area contributed by atoms with Crippen LogP contribution in [-0.2, 0) is 4.74 Å². The van der Waals surface area contributed by atoms with E-state index in [4.69, 9.17) is 4.74 Å². The summed E-state index contributed by atoms with van der Waals surface area (Å²) < 4.78 is 5.07. The predicted molar refractivity (Wildman–Crippen MR) is 69.3 cm³/mol. The molecule has 0 saturated heterocycles. The summed E-state index contributed by atoms with van der Waals surface area (Å²) in [4.78, 5) is 6.49. The van der Waals surface area contributed by atoms with Crippen molar-refractivity contribution in [2.24, 2.45) is 0 Å². The Morgan fingerprint density at radius 2 is 2.18 bits per heavy atom. The number of rotatable bonds is 7. The summed E-state index contributed by atoms with van der Waals surface area (Å²) in [5.74, 6) is 0. The Bertz CT molecular complexity index is 314. The van der Waals surface area contributed by atoms with Crippen molar-refractivity contribution in [2.45, 2.75) is 26.4 Å². The van der Waals surface area contributed by atoms with E-state index in [0.717, 1.165) is 24.5 Å². The average Bonchev–Trinajstić information content (AvgIpc) is 2.39. The summed E-state index contributed by atoms with van der Waals surface area (Å²) >= 11 is 0. The second-order valence-corrected chi connectivity index (χ2v) is 3.94. The number of nitrogens with zero attached hydrogens (tertiary/aromatic N) is 2. The molecule has 0 bridgehead atoms. The Morgan fingerprint density at radius 3 is 2.65 bits per heavy atom. The standard InChI is InChI=1S/C13H22N2O2/c1-4-13(16)12-7-6-11(10-14-12)15(5-2)8-9-17-3/h6-7,10,13,16H,4-5,8-9H2,1-3H3/t13-/m0/s1. The van der Waals surface area contributed by atoms with Gasteiger partial charge in [0.05, 0.1) is 30.3 Å². The van der Waals surface area contributed by atoms with Crippen molar-refractivity contribution in [3.8, 4) is 0 Å². The van der Waals surface area contributed by atoms with Crippen LogP contribution >= 0.6 is 0 Å². The summed E-state index contributed by atoms with van der Waals surface area (Å²) in [6.45, 7) is 6.51. The summed E-state index contributed by atoms with van der Waals surface area (Å²) in [6, 6.07) is 3.89. The molecule has 1 N–H and O–H groups in total. The maximum Gasteiger partial charge on any atom is 0.0957 e. The lowest BCUT2D eigenvalue weighted by atomic mass is 10.2. The predicted octanol–water partition coefficient (Wildman–Crippen LogP) is 2.00. The lowest BCUT2D eigenvalue weighted by Crippen LogP contribution is -2.26. The van der Waals surface area contributed by atoms with Gasteiger partial charge in [0.25, 0.3) is 0 Å². The molecule has 1 aromatic rings. The van der Waals surface area contributed by atoms with Gasteiger partial charge in [-0.1, -0.05) is 6.92 Å². The molecule has 0 fully saturated rings. The van der Waals surface area contributed by atoms with Crippen LogP contribution in [0.2, 0.25) is 0 Å². The van der Waals surface area contributed by atoms with Crippen molar-refractivity contribution < 1.29 is 9.84 Å². The van der Waals surface area contributed by atoms with Gasteiger partial charge in [0.2, 0.25) is 0 Å². The molecule has 0 aliphatic carbocycles. The third-order valence-corrected chi connectivity index (χ3v) is 2.81. The largest absolute Gasteiger partial charge is 0.387 e. The van der Waals surface area contributed by atoms with E-state index in [1.54, 1.807) is 7.11 Å². The van der Waals surface area contributed by atoms with Crippen molar-refractivity contribution in [2.75, 3.05) is 31.7 Å². The summed E-state index contributed by atoms with van der Waals surface area (Å²) in [7, 11) is 1.70. The molecule has 1 heterocycles. The zero-order chi connectivity index (χ0) is 12.7. The zero-order valence-corrected chi connectivity index (χ0v) is 10.9. The van der Waals surface area contributed by atoms with Crippen LogP contribution in [0.1, 0.15) is 32.1 Å². The second kappa shape index (κ2) is 7.25. The molecule has 1 aromatic heterocycles. The number of hydrogen-bond donors (Lipinski definition) is 1. The highest BCUT2D eigenvalue weighted by molar-refractivity contribution is 5.44. The number of aromatic nitrogens is 1. The van der Waals surface area contributed by atoms with E-state index in [0.29, 0.717) is 13.0 Å². The molecule has 1 rings (SSSR count). The number of pyridine rings is 1. The minimum atomic E-state index is -0.460. The van der Waals surface area contributed by atoms with E-state index >= 15 is 0 Å². The fourth-order valence-electron chi connectivity index (χ4n) is 1.66. The van der Waals surface area contributed by atoms with Crippen molar-refractivity contribution >= 4 is 5.69 Å². The van der Waals surface area contributed by atoms with Crippen LogP contribution in [0.25, 0.3) is 0 Å². The topological polar surface area (TPSA) is 45.6 Å². The van der Waals surface area contributed by atoms with E-state index in [-0.39, 0.29) is 0 Å². The lowest BCUT2D eigenvalue weighted by Gasteiger charge is -2.22. The monoisotopic (exact) mass is 238 g/mol. The van der Waals surface area contributed by atoms with Crippen molar-refractivity contribution in [3.63, 3.8) is 0 Å². The quantitative estimate of drug-likeness (QED) is 0.789. The first kappa shape index (κ1) is 13.9. The molecule has 0 amide bonds. The second-order valence-electron chi connectivity index (χ2n) is 3.94. The Morgan fingerprint density at radius 1 is 1.41 bits per heavy atom. The minimum Gasteiger partial charge on any atom is -0.387 e. The van der Waals surface area contributed by atoms with Crippen LogP contribution < -0.4 is 4.90 Å². The van der Waals surface area contributed by atoms with Gasteiger partial charge in [-0.2, -0.15) is 0 Å². The Hall–Kier alpha value is -1.13. The Balaban J connectivity index is 2.70. The van der Waals surface area contributed by atoms with E-state index < -0.39 is 6.10 Å². The number of hydrogen-bond acceptors (Lipinski definition) is 4. The average molecular weight is 238 g/mol. The van der Waals surface area contributed by atoms with Crippen molar-refractivity contribution in [1.29, 1.82) is 0 Å². The highest BCUT2D eigenvalue weighted by Gasteiger charge is 2.08. The summed E-state index contributed by atoms with van der Waals surface area (Å²) in [6.07, 6.45) is 2.04. The number of likely N-dealkylation sites (N-methyl/N-ethyl adjacent to an activating group) is 1. The number of anilines is 1. The Kier molecular flexibility index (Phi) is 5.94. The molecule has 0 unspecified atom stereocenters. The third kappa shape index (κ3) is 3.98. The molecule has 4 nitrogen and oxygen atoms in total. The molecule has 4 heteroatoms. The van der Waals surface area contributed by atoms with Gasteiger partial charge in [-0.05, 0) is 25.5 Å². The fraction of sp³-hybridized carbons (Fsp3) is 0.615. The molecular weight excluding hydrogens is 216 g/mol. The van der Waals surface area contributed by atoms with Crippen molar-refractivity contribution in [3.05, 3.63) is 24.0 Å². The lowest BCUT2D eigenvalue weighted by molar-refractivity contribution is 0.169. The van der Waals surface area contributed by atoms with Crippen LogP contribution in [-0.4, -0.2) is 36.9 Å². The van der Waals surface area contributed by atoms with E-state index in [9.17, 15) is 5.11 Å². The van der Waals surface area contributed by atoms with Gasteiger partial charge in [0, 0.05) is 20.2 Å². The van der Waals surface area contributed by atoms with E-state index in [2.05, 4.69) is 16.8 Å². The zero-order valence-electron chi connectivity index (χ0n) is 10.9. The molecule has 0 radical (unpaired) electrons. The van der Waals surface area contributed by atoms with E-state index in [1.165, 1.54) is 0 Å². The SMILES string of the molecule is CC[C@H](O)c1ccc(N(CC)CCOC)cn1. The van der Waals surface area contributed by atoms with Gasteiger partial charge in [0.1, 0.15) is 0 Å². The molecule has 0 saturated carbocycles. The van der Waals surface area contributed by atoms with Crippen LogP contribution in [0, 0.1) is 0 Å². The van der Waals surface area contributed by atoms with Gasteiger partial charge in [0.15, 0.2) is 0 Å². The molecule has 1 atom stereocenters. The summed E-state index contributed by atoms with van der Waals surface area (Å²) in [5.41, 5.74) is 1.80. The number of aliphatic hydroxyl groups excluding tert-OH is 1. The van der Waals surface area contributed by atoms with Gasteiger partial charge in [-0.3, -0.25) is 4.98 Å². The van der Waals surface area contributed by atoms with Gasteiger partial charge in [-0.15, -0.1) is 0 Å². The van der Waals surface area contributed by atoms with Crippen LogP contribution in [0.5, 0.6) is 0 Å². The van der Waals surface area contributed by atoms with Gasteiger partial charge in [-0.25, -0.2) is 0 Å². The van der Waals surface area contributed by atoms with Crippen LogP contribution in [0.3, 0.4) is 0 Å². The normalized spacial score (nSPS) is 12.5. The first-order valence-electron chi connectivity index (χ1n) is 6.10.